The number of rotatable bonds is 6. The minimum absolute atomic E-state index is 0.0105. The number of aliphatic hydroxyl groups is 1. The summed E-state index contributed by atoms with van der Waals surface area (Å²) in [4.78, 5) is 28.2. The van der Waals surface area contributed by atoms with Crippen molar-refractivity contribution in [3.05, 3.63) is 41.5 Å². The van der Waals surface area contributed by atoms with E-state index < -0.39 is 11.8 Å². The lowest BCUT2D eigenvalue weighted by Crippen LogP contribution is -2.27. The second-order valence-electron chi connectivity index (χ2n) is 4.60. The van der Waals surface area contributed by atoms with Gasteiger partial charge in [0.05, 0.1) is 5.69 Å². The Morgan fingerprint density at radius 1 is 1.32 bits per heavy atom. The normalized spacial score (nSPS) is 10.3. The average Bonchev–Trinajstić information content (AvgIpc) is 2.95. The summed E-state index contributed by atoms with van der Waals surface area (Å²) < 4.78 is 0. The third kappa shape index (κ3) is 3.89. The van der Waals surface area contributed by atoms with E-state index in [1.54, 1.807) is 25.1 Å². The number of aliphatic hydroxyl groups excluding tert-OH is 1. The van der Waals surface area contributed by atoms with E-state index in [1.807, 2.05) is 0 Å². The highest BCUT2D eigenvalue weighted by atomic mass is 16.3. The highest BCUT2D eigenvalue weighted by Crippen LogP contribution is 2.13. The molecule has 0 aliphatic rings. The summed E-state index contributed by atoms with van der Waals surface area (Å²) in [5.41, 5.74) is 1.34. The van der Waals surface area contributed by atoms with E-state index in [-0.39, 0.29) is 23.7 Å². The molecule has 8 nitrogen and oxygen atoms in total. The van der Waals surface area contributed by atoms with Crippen LogP contribution in [0.3, 0.4) is 0 Å². The van der Waals surface area contributed by atoms with E-state index in [4.69, 9.17) is 5.11 Å². The number of aromatic nitrogens is 3. The Morgan fingerprint density at radius 3 is 2.86 bits per heavy atom. The maximum atomic E-state index is 12.1. The standard InChI is InChI=1S/C14H17N5O3/c1-9-4-2-5-10(17-9)13(21)18-11-8-16-19-12(11)14(22)15-6-3-7-20/h2,4-5,8,20H,3,6-7H2,1H3,(H,15,22)(H,16,19)(H,18,21). The van der Waals surface area contributed by atoms with Crippen LogP contribution in [0.1, 0.15) is 33.1 Å². The van der Waals surface area contributed by atoms with Gasteiger partial charge in [-0.25, -0.2) is 4.98 Å². The third-order valence-corrected chi connectivity index (χ3v) is 2.85. The van der Waals surface area contributed by atoms with Crippen LogP contribution in [0.2, 0.25) is 0 Å². The van der Waals surface area contributed by atoms with Crippen LogP contribution in [0.4, 0.5) is 5.69 Å². The lowest BCUT2D eigenvalue weighted by atomic mass is 10.2. The molecule has 0 bridgehead atoms. The molecule has 0 atom stereocenters. The Hall–Kier alpha value is -2.74. The van der Waals surface area contributed by atoms with Crippen LogP contribution in [0.5, 0.6) is 0 Å². The molecular weight excluding hydrogens is 286 g/mol. The fraction of sp³-hybridized carbons (Fsp3) is 0.286. The molecule has 0 aliphatic heterocycles. The lowest BCUT2D eigenvalue weighted by Gasteiger charge is -2.06. The second-order valence-corrected chi connectivity index (χ2v) is 4.60. The number of nitrogens with one attached hydrogen (secondary N) is 3. The maximum absolute atomic E-state index is 12.1. The Kier molecular flexibility index (Phi) is 5.21. The number of hydrogen-bond donors (Lipinski definition) is 4. The predicted molar refractivity (Wildman–Crippen MR) is 79.6 cm³/mol. The number of carbonyl (C=O) groups excluding carboxylic acids is 2. The van der Waals surface area contributed by atoms with Crippen molar-refractivity contribution in [2.24, 2.45) is 0 Å². The first-order valence-electron chi connectivity index (χ1n) is 6.79. The molecular formula is C14H17N5O3. The van der Waals surface area contributed by atoms with Gasteiger partial charge in [-0.15, -0.1) is 0 Å². The topological polar surface area (TPSA) is 120 Å². The summed E-state index contributed by atoms with van der Waals surface area (Å²) in [7, 11) is 0. The number of aromatic amines is 1. The Morgan fingerprint density at radius 2 is 2.14 bits per heavy atom. The highest BCUT2D eigenvalue weighted by Gasteiger charge is 2.17. The molecule has 2 amide bonds. The Bertz CT molecular complexity index is 668. The van der Waals surface area contributed by atoms with Gasteiger partial charge < -0.3 is 15.7 Å². The molecule has 2 rings (SSSR count). The van der Waals surface area contributed by atoms with E-state index in [0.717, 1.165) is 5.69 Å². The lowest BCUT2D eigenvalue weighted by molar-refractivity contribution is 0.0947. The van der Waals surface area contributed by atoms with Gasteiger partial charge in [-0.05, 0) is 25.5 Å². The maximum Gasteiger partial charge on any atom is 0.274 e. The van der Waals surface area contributed by atoms with Crippen LogP contribution >= 0.6 is 0 Å². The number of amides is 2. The molecule has 0 spiro atoms. The number of anilines is 1. The number of hydrogen-bond acceptors (Lipinski definition) is 5. The average molecular weight is 303 g/mol. The molecule has 8 heteroatoms. The fourth-order valence-electron chi connectivity index (χ4n) is 1.78. The zero-order valence-corrected chi connectivity index (χ0v) is 12.1. The quantitative estimate of drug-likeness (QED) is 0.578. The van der Waals surface area contributed by atoms with E-state index >= 15 is 0 Å². The van der Waals surface area contributed by atoms with Crippen LogP contribution in [0.25, 0.3) is 0 Å². The minimum atomic E-state index is -0.429. The van der Waals surface area contributed by atoms with Gasteiger partial charge in [0.2, 0.25) is 0 Å². The van der Waals surface area contributed by atoms with E-state index in [2.05, 4.69) is 25.8 Å². The number of carbonyl (C=O) groups is 2. The first kappa shape index (κ1) is 15.6. The van der Waals surface area contributed by atoms with Crippen molar-refractivity contribution in [2.45, 2.75) is 13.3 Å². The molecule has 0 aliphatic carbocycles. The molecule has 0 unspecified atom stereocenters. The summed E-state index contributed by atoms with van der Waals surface area (Å²) >= 11 is 0. The molecule has 0 saturated heterocycles. The van der Waals surface area contributed by atoms with Crippen molar-refractivity contribution in [2.75, 3.05) is 18.5 Å². The summed E-state index contributed by atoms with van der Waals surface area (Å²) in [5.74, 6) is -0.850. The van der Waals surface area contributed by atoms with Gasteiger partial charge in [0.25, 0.3) is 11.8 Å². The van der Waals surface area contributed by atoms with Crippen LogP contribution in [-0.4, -0.2) is 45.3 Å². The largest absolute Gasteiger partial charge is 0.396 e. The summed E-state index contributed by atoms with van der Waals surface area (Å²) in [6, 6.07) is 5.10. The number of nitrogens with zero attached hydrogens (tertiary/aromatic N) is 2. The van der Waals surface area contributed by atoms with Crippen molar-refractivity contribution in [3.63, 3.8) is 0 Å². The highest BCUT2D eigenvalue weighted by molar-refractivity contribution is 6.07. The monoisotopic (exact) mass is 303 g/mol. The molecule has 2 heterocycles. The molecule has 22 heavy (non-hydrogen) atoms. The molecule has 0 saturated carbocycles. The first-order valence-corrected chi connectivity index (χ1v) is 6.79. The fourth-order valence-corrected chi connectivity index (χ4v) is 1.78. The zero-order chi connectivity index (χ0) is 15.9. The van der Waals surface area contributed by atoms with E-state index in [0.29, 0.717) is 13.0 Å². The number of pyridine rings is 1. The van der Waals surface area contributed by atoms with Crippen LogP contribution in [0.15, 0.2) is 24.4 Å². The molecule has 0 fully saturated rings. The first-order chi connectivity index (χ1) is 10.6. The molecule has 2 aromatic heterocycles. The zero-order valence-electron chi connectivity index (χ0n) is 12.1. The van der Waals surface area contributed by atoms with Gasteiger partial charge in [-0.3, -0.25) is 14.7 Å². The number of aryl methyl sites for hydroxylation is 1. The summed E-state index contributed by atoms with van der Waals surface area (Å²) in [6.45, 7) is 2.10. The SMILES string of the molecule is Cc1cccc(C(=O)Nc2c[nH]nc2C(=O)NCCCO)n1. The van der Waals surface area contributed by atoms with Gasteiger partial charge in [-0.1, -0.05) is 6.07 Å². The minimum Gasteiger partial charge on any atom is -0.396 e. The van der Waals surface area contributed by atoms with Crippen molar-refractivity contribution in [3.8, 4) is 0 Å². The summed E-state index contributed by atoms with van der Waals surface area (Å²) in [5, 5.41) is 20.3. The Labute approximate surface area is 127 Å². The van der Waals surface area contributed by atoms with Crippen molar-refractivity contribution in [1.82, 2.24) is 20.5 Å². The van der Waals surface area contributed by atoms with Crippen molar-refractivity contribution in [1.29, 1.82) is 0 Å². The van der Waals surface area contributed by atoms with E-state index in [1.165, 1.54) is 6.20 Å². The smallest absolute Gasteiger partial charge is 0.274 e. The molecule has 4 N–H and O–H groups in total. The van der Waals surface area contributed by atoms with Crippen LogP contribution in [-0.2, 0) is 0 Å². The molecule has 2 aromatic rings. The number of H-pyrrole nitrogens is 1. The molecule has 0 aromatic carbocycles. The van der Waals surface area contributed by atoms with Gasteiger partial charge >= 0.3 is 0 Å². The van der Waals surface area contributed by atoms with Gasteiger partial charge in [-0.2, -0.15) is 5.10 Å². The third-order valence-electron chi connectivity index (χ3n) is 2.85. The van der Waals surface area contributed by atoms with Gasteiger partial charge in [0.15, 0.2) is 5.69 Å². The summed E-state index contributed by atoms with van der Waals surface area (Å²) in [6.07, 6.45) is 1.87. The molecule has 0 radical (unpaired) electrons. The van der Waals surface area contributed by atoms with Gasteiger partial charge in [0.1, 0.15) is 5.69 Å². The van der Waals surface area contributed by atoms with Crippen molar-refractivity contribution < 1.29 is 14.7 Å². The van der Waals surface area contributed by atoms with Crippen LogP contribution in [0, 0.1) is 6.92 Å². The van der Waals surface area contributed by atoms with Gasteiger partial charge in [0, 0.05) is 25.0 Å². The molecule has 116 valence electrons. The van der Waals surface area contributed by atoms with Crippen molar-refractivity contribution >= 4 is 17.5 Å². The van der Waals surface area contributed by atoms with Crippen LogP contribution < -0.4 is 10.6 Å². The Balaban J connectivity index is 2.06. The van der Waals surface area contributed by atoms with E-state index in [9.17, 15) is 9.59 Å². The second kappa shape index (κ2) is 7.32. The predicted octanol–water partition coefficient (Wildman–Crippen LogP) is 0.478.